The van der Waals surface area contributed by atoms with Crippen LogP contribution in [0.4, 0.5) is 0 Å². The minimum absolute atomic E-state index is 0.0367. The smallest absolute Gasteiger partial charge is 0.356 e. The number of phosphoric acid groups is 1. The molecule has 0 aliphatic heterocycles. The lowest BCUT2D eigenvalue weighted by Gasteiger charge is -2.28. The summed E-state index contributed by atoms with van der Waals surface area (Å²) >= 11 is 0. The third-order valence-electron chi connectivity index (χ3n) is 4.91. The molecule has 182 valence electrons. The Morgan fingerprint density at radius 1 is 1.13 bits per heavy atom. The molecule has 0 bridgehead atoms. The van der Waals surface area contributed by atoms with Crippen LogP contribution in [0, 0.1) is 5.41 Å². The van der Waals surface area contributed by atoms with E-state index in [0.29, 0.717) is 17.6 Å². The number of nitrogens with one attached hydrogen (secondary N) is 1. The summed E-state index contributed by atoms with van der Waals surface area (Å²) in [4.78, 5) is 25.3. The summed E-state index contributed by atoms with van der Waals surface area (Å²) in [5, 5.41) is 6.30. The van der Waals surface area contributed by atoms with Crippen molar-refractivity contribution in [3.8, 4) is 0 Å². The van der Waals surface area contributed by atoms with Crippen LogP contribution in [0.3, 0.4) is 0 Å². The molecule has 2 N–H and O–H groups in total. The lowest BCUT2D eigenvalue weighted by molar-refractivity contribution is -0.870. The summed E-state index contributed by atoms with van der Waals surface area (Å²) in [6.45, 7) is 4.20. The maximum atomic E-state index is 12.7. The maximum Gasteiger partial charge on any atom is 0.472 e. The lowest BCUT2D eigenvalue weighted by atomic mass is 9.91. The molecule has 0 aromatic heterocycles. The van der Waals surface area contributed by atoms with Crippen LogP contribution in [-0.4, -0.2) is 69.3 Å². The fourth-order valence-electron chi connectivity index (χ4n) is 2.74. The molecule has 0 aromatic rings. The first-order valence-electron chi connectivity index (χ1n) is 11.2. The fraction of sp³-hybridized carbons (Fsp3) is 0.950. The molecule has 0 saturated carbocycles. The van der Waals surface area contributed by atoms with Crippen molar-refractivity contribution in [1.82, 2.24) is 5.32 Å². The molecule has 2 unspecified atom stereocenters. The van der Waals surface area contributed by atoms with Crippen LogP contribution in [0.15, 0.2) is 5.11 Å². The van der Waals surface area contributed by atoms with Crippen LogP contribution < -0.4 is 5.32 Å². The molecule has 31 heavy (non-hydrogen) atoms. The van der Waals surface area contributed by atoms with Crippen molar-refractivity contribution in [2.75, 3.05) is 54.0 Å². The third kappa shape index (κ3) is 16.2. The monoisotopic (exact) mass is 464 g/mol. The fourth-order valence-corrected chi connectivity index (χ4v) is 3.57. The zero-order valence-electron chi connectivity index (χ0n) is 20.0. The van der Waals surface area contributed by atoms with Crippen LogP contribution in [0.1, 0.15) is 65.2 Å². The second kappa shape index (κ2) is 15.6. The zero-order valence-corrected chi connectivity index (χ0v) is 20.9. The highest BCUT2D eigenvalue weighted by Gasteiger charge is 2.36. The number of hydrogen-bond acceptors (Lipinski definition) is 5. The first-order valence-corrected chi connectivity index (χ1v) is 12.7. The summed E-state index contributed by atoms with van der Waals surface area (Å²) in [5.74, 6) is -0.380. The topological polar surface area (TPSA) is 134 Å². The summed E-state index contributed by atoms with van der Waals surface area (Å²) in [6, 6.07) is 0. The van der Waals surface area contributed by atoms with E-state index in [1.54, 1.807) is 0 Å². The van der Waals surface area contributed by atoms with Crippen LogP contribution >= 0.6 is 7.82 Å². The van der Waals surface area contributed by atoms with Gasteiger partial charge in [-0.2, -0.15) is 0 Å². The SMILES string of the molecule is CCCCCCCCCCNC(=O)C(C)(CN=[N+]=[N-])COP(=O)(O)OCC[N+](C)(C)C. The zero-order chi connectivity index (χ0) is 23.8. The average Bonchev–Trinajstić information content (AvgIpc) is 2.68. The minimum Gasteiger partial charge on any atom is -0.356 e. The second-order valence-corrected chi connectivity index (χ2v) is 10.7. The molecule has 0 heterocycles. The number of quaternary nitrogens is 1. The predicted octanol–water partition coefficient (Wildman–Crippen LogP) is 4.40. The molecule has 11 heteroatoms. The Hall–Kier alpha value is -1.15. The third-order valence-corrected chi connectivity index (χ3v) is 5.87. The van der Waals surface area contributed by atoms with Crippen LogP contribution in [0.5, 0.6) is 0 Å². The van der Waals surface area contributed by atoms with Gasteiger partial charge in [0.2, 0.25) is 5.91 Å². The Labute approximate surface area is 187 Å². The van der Waals surface area contributed by atoms with Gasteiger partial charge in [-0.1, -0.05) is 57.0 Å². The van der Waals surface area contributed by atoms with Crippen LogP contribution in [0.2, 0.25) is 0 Å². The lowest BCUT2D eigenvalue weighted by Crippen LogP contribution is -2.44. The largest absolute Gasteiger partial charge is 0.472 e. The number of unbranched alkanes of at least 4 members (excludes halogenated alkanes) is 7. The number of hydrogen-bond donors (Lipinski definition) is 2. The standard InChI is InChI=1S/C20H42N5O5P/c1-6-7-8-9-10-11-12-13-14-22-19(26)20(2,17-23-24-21)18-30-31(27,28)29-16-15-25(3,4)5/h6-18H2,1-5H3,(H-,22,26,27,28)/p+1. The highest BCUT2D eigenvalue weighted by atomic mass is 31.2. The van der Waals surface area contributed by atoms with Crippen molar-refractivity contribution in [2.45, 2.75) is 65.2 Å². The number of amides is 1. The molecule has 0 rings (SSSR count). The van der Waals surface area contributed by atoms with E-state index >= 15 is 0 Å². The van der Waals surface area contributed by atoms with Crippen LogP contribution in [-0.2, 0) is 18.4 Å². The van der Waals surface area contributed by atoms with E-state index in [4.69, 9.17) is 14.6 Å². The van der Waals surface area contributed by atoms with Crippen molar-refractivity contribution < 1.29 is 27.8 Å². The summed E-state index contributed by atoms with van der Waals surface area (Å²) in [5.41, 5.74) is 7.37. The van der Waals surface area contributed by atoms with Gasteiger partial charge in [0.15, 0.2) is 0 Å². The number of phosphoric ester groups is 1. The molecule has 0 aromatic carbocycles. The first-order chi connectivity index (χ1) is 14.5. The molecule has 0 spiro atoms. The van der Waals surface area contributed by atoms with E-state index in [9.17, 15) is 14.3 Å². The van der Waals surface area contributed by atoms with E-state index in [-0.39, 0.29) is 19.1 Å². The maximum absolute atomic E-state index is 12.7. The molecular weight excluding hydrogens is 421 g/mol. The number of azide groups is 1. The van der Waals surface area contributed by atoms with Gasteiger partial charge >= 0.3 is 7.82 Å². The first kappa shape index (κ1) is 29.9. The van der Waals surface area contributed by atoms with E-state index in [0.717, 1.165) is 19.3 Å². The average molecular weight is 465 g/mol. The van der Waals surface area contributed by atoms with Gasteiger partial charge in [-0.25, -0.2) is 4.57 Å². The molecule has 0 aliphatic carbocycles. The van der Waals surface area contributed by atoms with Gasteiger partial charge in [-0.05, 0) is 18.9 Å². The molecule has 0 fully saturated rings. The molecule has 0 aliphatic rings. The number of nitrogens with zero attached hydrogens (tertiary/aromatic N) is 4. The second-order valence-electron chi connectivity index (χ2n) is 9.27. The van der Waals surface area contributed by atoms with Crippen LogP contribution in [0.25, 0.3) is 10.4 Å². The molecule has 2 atom stereocenters. The van der Waals surface area contributed by atoms with Gasteiger partial charge in [-0.3, -0.25) is 13.8 Å². The van der Waals surface area contributed by atoms with Gasteiger partial charge in [0.05, 0.1) is 33.2 Å². The molecule has 0 saturated heterocycles. The number of likely N-dealkylation sites (N-methyl/N-ethyl adjacent to an activating group) is 1. The van der Waals surface area contributed by atoms with Gasteiger partial charge in [0.1, 0.15) is 13.2 Å². The normalized spacial score (nSPS) is 15.5. The Morgan fingerprint density at radius 3 is 2.26 bits per heavy atom. The Balaban J connectivity index is 4.48. The van der Waals surface area contributed by atoms with Crippen molar-refractivity contribution in [1.29, 1.82) is 0 Å². The van der Waals surface area contributed by atoms with Crippen molar-refractivity contribution in [2.24, 2.45) is 10.5 Å². The number of carbonyl (C=O) groups is 1. The molecule has 0 radical (unpaired) electrons. The summed E-state index contributed by atoms with van der Waals surface area (Å²) in [6.07, 6.45) is 9.26. The van der Waals surface area contributed by atoms with Gasteiger partial charge in [0, 0.05) is 18.0 Å². The minimum atomic E-state index is -4.32. The summed E-state index contributed by atoms with van der Waals surface area (Å²) < 4.78 is 22.7. The van der Waals surface area contributed by atoms with E-state index in [1.165, 1.54) is 39.0 Å². The van der Waals surface area contributed by atoms with Gasteiger partial charge in [0.25, 0.3) is 0 Å². The van der Waals surface area contributed by atoms with E-state index in [1.807, 2.05) is 21.1 Å². The van der Waals surface area contributed by atoms with Crippen molar-refractivity contribution >= 4 is 13.7 Å². The quantitative estimate of drug-likeness (QED) is 0.0730. The van der Waals surface area contributed by atoms with E-state index < -0.39 is 19.8 Å². The van der Waals surface area contributed by atoms with Gasteiger partial charge < -0.3 is 14.7 Å². The van der Waals surface area contributed by atoms with E-state index in [2.05, 4.69) is 22.3 Å². The van der Waals surface area contributed by atoms with Crippen molar-refractivity contribution in [3.63, 3.8) is 0 Å². The Morgan fingerprint density at radius 2 is 1.71 bits per heavy atom. The Bertz CT molecular complexity index is 607. The molecule has 10 nitrogen and oxygen atoms in total. The highest BCUT2D eigenvalue weighted by Crippen LogP contribution is 2.44. The number of rotatable bonds is 19. The van der Waals surface area contributed by atoms with Crippen molar-refractivity contribution in [3.05, 3.63) is 10.4 Å². The van der Waals surface area contributed by atoms with Gasteiger partial charge in [-0.15, -0.1) is 0 Å². The Kier molecular flexibility index (Phi) is 15.0. The molecule has 1 amide bonds. The molecular formula is C20H43N5O5P+. The summed E-state index contributed by atoms with van der Waals surface area (Å²) in [7, 11) is 1.47. The predicted molar refractivity (Wildman–Crippen MR) is 122 cm³/mol. The number of carbonyl (C=O) groups excluding carboxylic acids is 1. The highest BCUT2D eigenvalue weighted by molar-refractivity contribution is 7.47.